The summed E-state index contributed by atoms with van der Waals surface area (Å²) in [6.45, 7) is 5.41. The Hall–Kier alpha value is -1.26. The molecule has 0 bridgehead atoms. The second kappa shape index (κ2) is 5.85. The van der Waals surface area contributed by atoms with Gasteiger partial charge in [-0.05, 0) is 45.8 Å². The number of methoxy groups -OCH3 is 1. The van der Waals surface area contributed by atoms with Gasteiger partial charge in [0, 0.05) is 24.2 Å². The maximum absolute atomic E-state index is 6.22. The molecule has 2 aliphatic heterocycles. The summed E-state index contributed by atoms with van der Waals surface area (Å²) < 4.78 is 11.9. The molecule has 2 saturated heterocycles. The van der Waals surface area contributed by atoms with Crippen molar-refractivity contribution >= 4 is 0 Å². The topological polar surface area (TPSA) is 33.7 Å². The molecule has 21 heavy (non-hydrogen) atoms. The quantitative estimate of drug-likeness (QED) is 0.923. The van der Waals surface area contributed by atoms with Gasteiger partial charge in [0.05, 0.1) is 7.11 Å². The van der Waals surface area contributed by atoms with Crippen molar-refractivity contribution in [3.05, 3.63) is 23.8 Å². The highest BCUT2D eigenvalue weighted by Gasteiger charge is 2.34. The van der Waals surface area contributed by atoms with E-state index in [1.807, 2.05) is 6.07 Å². The highest BCUT2D eigenvalue weighted by molar-refractivity contribution is 5.50. The van der Waals surface area contributed by atoms with Crippen molar-refractivity contribution in [2.24, 2.45) is 0 Å². The molecule has 0 radical (unpaired) electrons. The predicted octanol–water partition coefficient (Wildman–Crippen LogP) is 2.38. The summed E-state index contributed by atoms with van der Waals surface area (Å²) in [6, 6.07) is 6.26. The van der Waals surface area contributed by atoms with Crippen LogP contribution in [0.25, 0.3) is 0 Å². The van der Waals surface area contributed by atoms with Gasteiger partial charge in [-0.3, -0.25) is 0 Å². The van der Waals surface area contributed by atoms with Crippen LogP contribution in [0.3, 0.4) is 0 Å². The van der Waals surface area contributed by atoms with Crippen LogP contribution in [0.1, 0.15) is 31.7 Å². The molecule has 0 amide bonds. The van der Waals surface area contributed by atoms with Gasteiger partial charge in [0.25, 0.3) is 0 Å². The first kappa shape index (κ1) is 14.7. The van der Waals surface area contributed by atoms with Crippen LogP contribution in [0, 0.1) is 0 Å². The van der Waals surface area contributed by atoms with Crippen LogP contribution in [0.5, 0.6) is 11.5 Å². The van der Waals surface area contributed by atoms with Crippen LogP contribution in [0.2, 0.25) is 0 Å². The molecule has 2 atom stereocenters. The SMILES string of the molecule is COc1c(OC2CCN(C)C2)cccc1C1(C)CCCN1. The van der Waals surface area contributed by atoms with Crippen LogP contribution < -0.4 is 14.8 Å². The Morgan fingerprint density at radius 3 is 2.86 bits per heavy atom. The fourth-order valence-electron chi connectivity index (χ4n) is 3.55. The molecule has 116 valence electrons. The molecule has 2 aliphatic rings. The first-order valence-electron chi connectivity index (χ1n) is 7.90. The smallest absolute Gasteiger partial charge is 0.165 e. The Bertz CT molecular complexity index is 498. The van der Waals surface area contributed by atoms with Gasteiger partial charge < -0.3 is 19.7 Å². The van der Waals surface area contributed by atoms with E-state index in [4.69, 9.17) is 9.47 Å². The third kappa shape index (κ3) is 2.87. The van der Waals surface area contributed by atoms with Crippen molar-refractivity contribution in [2.75, 3.05) is 33.8 Å². The predicted molar refractivity (Wildman–Crippen MR) is 84.1 cm³/mol. The van der Waals surface area contributed by atoms with Gasteiger partial charge in [-0.15, -0.1) is 0 Å². The number of nitrogens with one attached hydrogen (secondary N) is 1. The molecule has 3 rings (SSSR count). The molecular weight excluding hydrogens is 264 g/mol. The van der Waals surface area contributed by atoms with E-state index >= 15 is 0 Å². The van der Waals surface area contributed by atoms with Gasteiger partial charge in [0.15, 0.2) is 11.5 Å². The standard InChI is InChI=1S/C17H26N2O2/c1-17(9-5-10-18-17)14-6-4-7-15(16(14)20-3)21-13-8-11-19(2)12-13/h4,6-7,13,18H,5,8-12H2,1-3H3. The number of hydrogen-bond donors (Lipinski definition) is 1. The maximum atomic E-state index is 6.22. The van der Waals surface area contributed by atoms with Crippen LogP contribution in [0.15, 0.2) is 18.2 Å². The molecule has 4 nitrogen and oxygen atoms in total. The number of nitrogens with zero attached hydrogens (tertiary/aromatic N) is 1. The summed E-state index contributed by atoms with van der Waals surface area (Å²) in [5, 5.41) is 3.61. The molecule has 0 spiro atoms. The minimum Gasteiger partial charge on any atom is -0.493 e. The van der Waals surface area contributed by atoms with E-state index < -0.39 is 0 Å². The highest BCUT2D eigenvalue weighted by Crippen LogP contribution is 2.41. The van der Waals surface area contributed by atoms with E-state index in [1.54, 1.807) is 7.11 Å². The van der Waals surface area contributed by atoms with Gasteiger partial charge in [-0.1, -0.05) is 12.1 Å². The lowest BCUT2D eigenvalue weighted by Gasteiger charge is -2.28. The fourth-order valence-corrected chi connectivity index (χ4v) is 3.55. The molecule has 2 heterocycles. The molecule has 0 aromatic heterocycles. The Morgan fingerprint density at radius 1 is 1.38 bits per heavy atom. The van der Waals surface area contributed by atoms with E-state index in [-0.39, 0.29) is 11.6 Å². The minimum atomic E-state index is -0.00280. The Balaban J connectivity index is 1.87. The average molecular weight is 290 g/mol. The third-order valence-corrected chi connectivity index (χ3v) is 4.79. The minimum absolute atomic E-state index is 0.00280. The fraction of sp³-hybridized carbons (Fsp3) is 0.647. The second-order valence-corrected chi connectivity index (χ2v) is 6.49. The van der Waals surface area contributed by atoms with E-state index in [1.165, 1.54) is 12.0 Å². The lowest BCUT2D eigenvalue weighted by Crippen LogP contribution is -2.33. The van der Waals surface area contributed by atoms with Crippen molar-refractivity contribution < 1.29 is 9.47 Å². The number of likely N-dealkylation sites (tertiary alicyclic amines) is 1. The summed E-state index contributed by atoms with van der Waals surface area (Å²) >= 11 is 0. The molecule has 2 fully saturated rings. The van der Waals surface area contributed by atoms with Gasteiger partial charge in [-0.25, -0.2) is 0 Å². The van der Waals surface area contributed by atoms with E-state index in [9.17, 15) is 0 Å². The van der Waals surface area contributed by atoms with Crippen LogP contribution >= 0.6 is 0 Å². The zero-order valence-corrected chi connectivity index (χ0v) is 13.3. The van der Waals surface area contributed by atoms with Crippen molar-refractivity contribution in [1.29, 1.82) is 0 Å². The van der Waals surface area contributed by atoms with E-state index in [0.29, 0.717) is 0 Å². The maximum Gasteiger partial charge on any atom is 0.165 e. The molecule has 4 heteroatoms. The van der Waals surface area contributed by atoms with Crippen molar-refractivity contribution in [1.82, 2.24) is 10.2 Å². The number of likely N-dealkylation sites (N-methyl/N-ethyl adjacent to an activating group) is 1. The van der Waals surface area contributed by atoms with Gasteiger partial charge in [0.2, 0.25) is 0 Å². The number of ether oxygens (including phenoxy) is 2. The second-order valence-electron chi connectivity index (χ2n) is 6.49. The van der Waals surface area contributed by atoms with Gasteiger partial charge in [0.1, 0.15) is 6.10 Å². The number of rotatable bonds is 4. The molecule has 1 N–H and O–H groups in total. The Morgan fingerprint density at radius 2 is 2.24 bits per heavy atom. The molecule has 1 aromatic carbocycles. The van der Waals surface area contributed by atoms with Crippen LogP contribution in [-0.4, -0.2) is 44.8 Å². The molecule has 2 unspecified atom stereocenters. The molecular formula is C17H26N2O2. The summed E-state index contributed by atoms with van der Waals surface area (Å²) in [5.74, 6) is 1.77. The Kier molecular flexibility index (Phi) is 4.09. The zero-order chi connectivity index (χ0) is 14.9. The normalized spacial score (nSPS) is 29.8. The molecule has 1 aromatic rings. The first-order valence-corrected chi connectivity index (χ1v) is 7.90. The average Bonchev–Trinajstić information content (AvgIpc) is 3.08. The monoisotopic (exact) mass is 290 g/mol. The summed E-state index contributed by atoms with van der Waals surface area (Å²) in [7, 11) is 3.88. The Labute approximate surface area is 127 Å². The van der Waals surface area contributed by atoms with Crippen molar-refractivity contribution in [2.45, 2.75) is 37.8 Å². The summed E-state index contributed by atoms with van der Waals surface area (Å²) in [5.41, 5.74) is 1.21. The molecule has 0 aliphatic carbocycles. The van der Waals surface area contributed by atoms with Crippen LogP contribution in [-0.2, 0) is 5.54 Å². The molecule has 0 saturated carbocycles. The summed E-state index contributed by atoms with van der Waals surface area (Å²) in [6.07, 6.45) is 3.69. The lowest BCUT2D eigenvalue weighted by molar-refractivity contribution is 0.198. The van der Waals surface area contributed by atoms with Crippen LogP contribution in [0.4, 0.5) is 0 Å². The summed E-state index contributed by atoms with van der Waals surface area (Å²) in [4.78, 5) is 2.31. The largest absolute Gasteiger partial charge is 0.493 e. The van der Waals surface area contributed by atoms with E-state index in [0.717, 1.165) is 44.0 Å². The third-order valence-electron chi connectivity index (χ3n) is 4.79. The van der Waals surface area contributed by atoms with E-state index in [2.05, 4.69) is 36.3 Å². The zero-order valence-electron chi connectivity index (χ0n) is 13.3. The lowest BCUT2D eigenvalue weighted by atomic mass is 9.89. The number of hydrogen-bond acceptors (Lipinski definition) is 4. The van der Waals surface area contributed by atoms with Crippen molar-refractivity contribution in [3.63, 3.8) is 0 Å². The highest BCUT2D eigenvalue weighted by atomic mass is 16.5. The first-order chi connectivity index (χ1) is 10.1. The number of benzene rings is 1. The van der Waals surface area contributed by atoms with Crippen molar-refractivity contribution in [3.8, 4) is 11.5 Å². The number of para-hydroxylation sites is 1. The van der Waals surface area contributed by atoms with Gasteiger partial charge in [-0.2, -0.15) is 0 Å². The van der Waals surface area contributed by atoms with Gasteiger partial charge >= 0.3 is 0 Å².